The van der Waals surface area contributed by atoms with E-state index in [4.69, 9.17) is 0 Å². The van der Waals surface area contributed by atoms with Gasteiger partial charge in [-0.15, -0.1) is 0 Å². The standard InChI is InChI=1S/C120H83BN4/c1-118(2,3)86-70-113-115-114(71-86)125(117-91(80-42-16-6-17-43-80)60-37-61-92(117)81-44-18-7-19-45-81)112-73-88(123-108-65-35-31-57-96(108)100-75-98-94-55-29-33-63-102(94)120(104(98)77-110(100)123,84-50-24-10-25-51-84)85-52-26-11-27-53-85)67-69-106(112)121(115)105-68-66-87(72-111(105)124(113)116-89(78-38-12-4-13-39-78)58-36-59-90(116)79-40-14-5-15-41-79)122-107-64-34-30-56-95(107)99-74-97-93-54-28-32-62-101(93)119(103(97)76-109(99)122,82-46-20-8-21-47-82)83-48-22-9-23-49-83/h4-77H,1-3H3. The van der Waals surface area contributed by atoms with Crippen molar-refractivity contribution in [2.24, 2.45) is 0 Å². The summed E-state index contributed by atoms with van der Waals surface area (Å²) in [6.07, 6.45) is 0. The molecule has 0 unspecified atom stereocenters. The molecule has 586 valence electrons. The van der Waals surface area contributed by atoms with Gasteiger partial charge in [-0.05, 0) is 189 Å². The van der Waals surface area contributed by atoms with Crippen molar-refractivity contribution in [3.05, 3.63) is 499 Å². The fraction of sp³-hybridized carbons (Fsp3) is 0.0500. The molecule has 4 heterocycles. The molecule has 25 rings (SSSR count). The maximum Gasteiger partial charge on any atom is 0.252 e. The summed E-state index contributed by atoms with van der Waals surface area (Å²) >= 11 is 0. The van der Waals surface area contributed by atoms with Crippen LogP contribution < -0.4 is 26.2 Å². The van der Waals surface area contributed by atoms with Crippen LogP contribution in [0.1, 0.15) is 70.8 Å². The molecule has 2 aromatic heterocycles. The van der Waals surface area contributed by atoms with Crippen molar-refractivity contribution >= 4 is 101 Å². The van der Waals surface area contributed by atoms with E-state index in [0.717, 1.165) is 112 Å². The van der Waals surface area contributed by atoms with E-state index < -0.39 is 10.8 Å². The molecule has 0 spiro atoms. The van der Waals surface area contributed by atoms with E-state index in [0.29, 0.717) is 0 Å². The molecular formula is C120H83BN4. The van der Waals surface area contributed by atoms with E-state index >= 15 is 0 Å². The lowest BCUT2D eigenvalue weighted by Gasteiger charge is -2.46. The Morgan fingerprint density at radius 3 is 0.872 bits per heavy atom. The smallest absolute Gasteiger partial charge is 0.252 e. The van der Waals surface area contributed by atoms with Gasteiger partial charge in [0.15, 0.2) is 0 Å². The van der Waals surface area contributed by atoms with Crippen LogP contribution >= 0.6 is 0 Å². The topological polar surface area (TPSA) is 16.3 Å². The van der Waals surface area contributed by atoms with Gasteiger partial charge in [0.05, 0.1) is 44.3 Å². The summed E-state index contributed by atoms with van der Waals surface area (Å²) in [5.74, 6) is 0. The fourth-order valence-electron chi connectivity index (χ4n) is 22.5. The summed E-state index contributed by atoms with van der Waals surface area (Å²) in [6, 6.07) is 171. The molecule has 0 amide bonds. The monoisotopic (exact) mass is 1590 g/mol. The Hall–Kier alpha value is -15.6. The normalized spacial score (nSPS) is 13.6. The van der Waals surface area contributed by atoms with Crippen LogP contribution in [0.5, 0.6) is 0 Å². The number of hydrogen-bond acceptors (Lipinski definition) is 2. The predicted octanol–water partition coefficient (Wildman–Crippen LogP) is 28.7. The van der Waals surface area contributed by atoms with Gasteiger partial charge in [-0.2, -0.15) is 0 Å². The van der Waals surface area contributed by atoms with Crippen LogP contribution in [-0.2, 0) is 16.2 Å². The highest BCUT2D eigenvalue weighted by Crippen LogP contribution is 2.62. The van der Waals surface area contributed by atoms with Crippen molar-refractivity contribution in [1.29, 1.82) is 0 Å². The summed E-state index contributed by atoms with van der Waals surface area (Å²) in [5, 5.41) is 4.82. The first-order valence-electron chi connectivity index (χ1n) is 43.8. The second-order valence-electron chi connectivity index (χ2n) is 35.2. The number of anilines is 6. The van der Waals surface area contributed by atoms with E-state index in [2.05, 4.69) is 489 Å². The van der Waals surface area contributed by atoms with Crippen LogP contribution in [0, 0.1) is 0 Å². The minimum atomic E-state index is -0.631. The van der Waals surface area contributed by atoms with Crippen molar-refractivity contribution in [3.8, 4) is 78.1 Å². The van der Waals surface area contributed by atoms with E-state index in [1.807, 2.05) is 0 Å². The lowest BCUT2D eigenvalue weighted by Crippen LogP contribution is -2.61. The highest BCUT2D eigenvalue weighted by Gasteiger charge is 2.51. The second-order valence-corrected chi connectivity index (χ2v) is 35.2. The maximum absolute atomic E-state index is 2.73. The SMILES string of the molecule is CC(C)(C)c1cc2c3c(c1)N(c1c(-c4ccccc4)cccc1-c1ccccc1)c1cc(-n4c5ccccc5c5cc6c(cc54)C(c4ccccc4)(c4ccccc4)c4ccccc4-6)ccc1B3c1ccc(-n3c4ccccc4c4cc5c(cc43)C(c3ccccc3)(c3ccccc3)c3ccccc3-5)cc1N2c1c(-c2ccccc2)cccc1-c1ccccc1. The zero-order valence-corrected chi connectivity index (χ0v) is 69.6. The molecule has 2 aliphatic carbocycles. The summed E-state index contributed by atoms with van der Waals surface area (Å²) in [4.78, 5) is 5.45. The van der Waals surface area contributed by atoms with Gasteiger partial charge in [0, 0.05) is 77.9 Å². The van der Waals surface area contributed by atoms with Crippen molar-refractivity contribution < 1.29 is 0 Å². The lowest BCUT2D eigenvalue weighted by molar-refractivity contribution is 0.590. The van der Waals surface area contributed by atoms with E-state index in [1.54, 1.807) is 0 Å². The number of hydrogen-bond donors (Lipinski definition) is 0. The molecule has 0 atom stereocenters. The number of aromatic nitrogens is 2. The largest absolute Gasteiger partial charge is 0.310 e. The second kappa shape index (κ2) is 28.0. The van der Waals surface area contributed by atoms with Crippen LogP contribution in [0.15, 0.2) is 449 Å². The molecule has 0 saturated heterocycles. The first kappa shape index (κ1) is 72.3. The Bertz CT molecular complexity index is 7270. The van der Waals surface area contributed by atoms with Gasteiger partial charge in [0.2, 0.25) is 0 Å². The van der Waals surface area contributed by atoms with Gasteiger partial charge in [0.25, 0.3) is 6.71 Å². The predicted molar refractivity (Wildman–Crippen MR) is 524 cm³/mol. The summed E-state index contributed by atoms with van der Waals surface area (Å²) in [7, 11) is 0. The Labute approximate surface area is 728 Å². The lowest BCUT2D eigenvalue weighted by atomic mass is 9.33. The van der Waals surface area contributed by atoms with Crippen LogP contribution in [0.2, 0.25) is 0 Å². The maximum atomic E-state index is 2.73. The molecule has 4 aliphatic rings. The number of benzene rings is 19. The molecule has 21 aromatic rings. The molecule has 4 nitrogen and oxygen atoms in total. The first-order valence-corrected chi connectivity index (χ1v) is 43.8. The minimum Gasteiger partial charge on any atom is -0.310 e. The van der Waals surface area contributed by atoms with Gasteiger partial charge in [-0.3, -0.25) is 0 Å². The van der Waals surface area contributed by atoms with Crippen LogP contribution in [0.4, 0.5) is 34.1 Å². The molecule has 0 saturated carbocycles. The van der Waals surface area contributed by atoms with Crippen molar-refractivity contribution in [1.82, 2.24) is 9.13 Å². The zero-order chi connectivity index (χ0) is 82.8. The molecule has 0 fully saturated rings. The Balaban J connectivity index is 0.812. The summed E-state index contributed by atoms with van der Waals surface area (Å²) < 4.78 is 5.19. The molecule has 125 heavy (non-hydrogen) atoms. The third kappa shape index (κ3) is 10.6. The van der Waals surface area contributed by atoms with Crippen molar-refractivity contribution in [2.75, 3.05) is 9.80 Å². The van der Waals surface area contributed by atoms with E-state index in [-0.39, 0.29) is 12.1 Å². The fourth-order valence-corrected chi connectivity index (χ4v) is 22.5. The number of para-hydroxylation sites is 4. The average Bonchev–Trinajstić information content (AvgIpc) is 1.48. The number of nitrogens with zero attached hydrogens (tertiary/aromatic N) is 4. The average molecular weight is 1590 g/mol. The summed E-state index contributed by atoms with van der Waals surface area (Å²) in [6.45, 7) is 6.91. The highest BCUT2D eigenvalue weighted by molar-refractivity contribution is 7.00. The van der Waals surface area contributed by atoms with Gasteiger partial charge in [-0.1, -0.05) is 397 Å². The highest BCUT2D eigenvalue weighted by atomic mass is 15.2. The van der Waals surface area contributed by atoms with Gasteiger partial charge >= 0.3 is 0 Å². The van der Waals surface area contributed by atoms with E-state index in [9.17, 15) is 0 Å². The molecule has 0 bridgehead atoms. The van der Waals surface area contributed by atoms with Gasteiger partial charge < -0.3 is 18.9 Å². The molecule has 19 aromatic carbocycles. The van der Waals surface area contributed by atoms with Crippen LogP contribution in [0.3, 0.4) is 0 Å². The zero-order valence-electron chi connectivity index (χ0n) is 69.6. The molecule has 0 radical (unpaired) electrons. The Kier molecular flexibility index (Phi) is 16.2. The number of fused-ring (bicyclic) bond motifs is 16. The quantitative estimate of drug-likeness (QED) is 0.113. The van der Waals surface area contributed by atoms with Crippen molar-refractivity contribution in [2.45, 2.75) is 37.0 Å². The van der Waals surface area contributed by atoms with Crippen LogP contribution in [0.25, 0.3) is 122 Å². The van der Waals surface area contributed by atoms with Crippen LogP contribution in [-0.4, -0.2) is 15.8 Å². The third-order valence-corrected chi connectivity index (χ3v) is 27.8. The Morgan fingerprint density at radius 2 is 0.528 bits per heavy atom. The minimum absolute atomic E-state index is 0.308. The summed E-state index contributed by atoms with van der Waals surface area (Å²) in [5.41, 5.74) is 40.7. The van der Waals surface area contributed by atoms with E-state index in [1.165, 1.54) is 110 Å². The third-order valence-electron chi connectivity index (χ3n) is 27.8. The molecule has 5 heteroatoms. The van der Waals surface area contributed by atoms with Gasteiger partial charge in [0.1, 0.15) is 0 Å². The number of rotatable bonds is 12. The molecular weight excluding hydrogens is 1510 g/mol. The van der Waals surface area contributed by atoms with Crippen molar-refractivity contribution in [3.63, 3.8) is 0 Å². The Morgan fingerprint density at radius 1 is 0.224 bits per heavy atom. The van der Waals surface area contributed by atoms with Gasteiger partial charge in [-0.25, -0.2) is 0 Å². The molecule has 0 N–H and O–H groups in total. The molecule has 2 aliphatic heterocycles. The first-order chi connectivity index (χ1) is 61.7.